The van der Waals surface area contributed by atoms with E-state index in [1.807, 2.05) is 0 Å². The molecule has 2 rings (SSSR count). The van der Waals surface area contributed by atoms with Gasteiger partial charge in [-0.25, -0.2) is 0 Å². The lowest BCUT2D eigenvalue weighted by Crippen LogP contribution is -3.04. The Labute approximate surface area is 144 Å². The SMILES string of the molecule is Cc1cc(C)cc(NC(=S)NCc2ccccc2C[NH+](C)C)c1. The van der Waals surface area contributed by atoms with Gasteiger partial charge in [0, 0.05) is 17.8 Å². The van der Waals surface area contributed by atoms with Crippen LogP contribution >= 0.6 is 12.2 Å². The number of hydrogen-bond donors (Lipinski definition) is 3. The van der Waals surface area contributed by atoms with Crippen molar-refractivity contribution in [3.8, 4) is 0 Å². The van der Waals surface area contributed by atoms with Gasteiger partial charge in [-0.1, -0.05) is 30.3 Å². The number of benzene rings is 2. The molecule has 0 aromatic heterocycles. The second kappa shape index (κ2) is 8.09. The molecule has 0 bridgehead atoms. The first-order valence-electron chi connectivity index (χ1n) is 7.93. The fourth-order valence-corrected chi connectivity index (χ4v) is 2.87. The zero-order valence-corrected chi connectivity index (χ0v) is 15.2. The summed E-state index contributed by atoms with van der Waals surface area (Å²) in [6.07, 6.45) is 0. The Hall–Kier alpha value is -1.91. The lowest BCUT2D eigenvalue weighted by atomic mass is 10.1. The number of thiocarbonyl (C=S) groups is 1. The van der Waals surface area contributed by atoms with Gasteiger partial charge in [0.15, 0.2) is 5.11 Å². The smallest absolute Gasteiger partial charge is 0.171 e. The van der Waals surface area contributed by atoms with E-state index in [4.69, 9.17) is 12.2 Å². The standard InChI is InChI=1S/C19H25N3S/c1-14-9-15(2)11-18(10-14)21-19(23)20-12-16-7-5-6-8-17(16)13-22(3)4/h5-11H,12-13H2,1-4H3,(H2,20,21,23)/p+1. The molecule has 2 aromatic carbocycles. The van der Waals surface area contributed by atoms with E-state index in [0.717, 1.165) is 18.8 Å². The van der Waals surface area contributed by atoms with Crippen LogP contribution in [0, 0.1) is 13.8 Å². The van der Waals surface area contributed by atoms with E-state index in [-0.39, 0.29) is 0 Å². The number of rotatable bonds is 5. The monoisotopic (exact) mass is 328 g/mol. The van der Waals surface area contributed by atoms with Gasteiger partial charge in [-0.15, -0.1) is 0 Å². The van der Waals surface area contributed by atoms with Crippen LogP contribution in [0.5, 0.6) is 0 Å². The second-order valence-corrected chi connectivity index (χ2v) is 6.74. The van der Waals surface area contributed by atoms with Gasteiger partial charge >= 0.3 is 0 Å². The molecule has 0 aliphatic carbocycles. The van der Waals surface area contributed by atoms with Crippen LogP contribution in [-0.4, -0.2) is 19.2 Å². The Morgan fingerprint density at radius 2 is 1.61 bits per heavy atom. The van der Waals surface area contributed by atoms with Crippen LogP contribution in [0.1, 0.15) is 22.3 Å². The minimum Gasteiger partial charge on any atom is -0.358 e. The Balaban J connectivity index is 1.97. The van der Waals surface area contributed by atoms with Crippen molar-refractivity contribution in [1.82, 2.24) is 5.32 Å². The van der Waals surface area contributed by atoms with Gasteiger partial charge < -0.3 is 15.5 Å². The van der Waals surface area contributed by atoms with E-state index in [1.165, 1.54) is 27.2 Å². The molecule has 0 radical (unpaired) electrons. The highest BCUT2D eigenvalue weighted by molar-refractivity contribution is 7.80. The van der Waals surface area contributed by atoms with E-state index in [0.29, 0.717) is 5.11 Å². The Morgan fingerprint density at radius 3 is 2.22 bits per heavy atom. The van der Waals surface area contributed by atoms with Crippen molar-refractivity contribution >= 4 is 23.0 Å². The summed E-state index contributed by atoms with van der Waals surface area (Å²) in [5, 5.41) is 7.23. The molecular weight excluding hydrogens is 302 g/mol. The highest BCUT2D eigenvalue weighted by atomic mass is 32.1. The maximum absolute atomic E-state index is 5.43. The lowest BCUT2D eigenvalue weighted by molar-refractivity contribution is -0.872. The minimum atomic E-state index is 0.655. The highest BCUT2D eigenvalue weighted by Gasteiger charge is 2.06. The molecule has 0 atom stereocenters. The van der Waals surface area contributed by atoms with Crippen molar-refractivity contribution in [3.05, 3.63) is 64.7 Å². The number of aryl methyl sites for hydroxylation is 2. The first-order valence-corrected chi connectivity index (χ1v) is 8.34. The van der Waals surface area contributed by atoms with Gasteiger partial charge in [0.2, 0.25) is 0 Å². The van der Waals surface area contributed by atoms with Crippen molar-refractivity contribution in [2.45, 2.75) is 26.9 Å². The molecule has 23 heavy (non-hydrogen) atoms. The molecule has 0 fully saturated rings. The predicted molar refractivity (Wildman–Crippen MR) is 102 cm³/mol. The molecule has 0 unspecified atom stereocenters. The average molecular weight is 329 g/mol. The van der Waals surface area contributed by atoms with Crippen LogP contribution in [0.2, 0.25) is 0 Å². The molecule has 0 saturated carbocycles. The molecule has 4 heteroatoms. The third-order valence-corrected chi connectivity index (χ3v) is 3.83. The van der Waals surface area contributed by atoms with Crippen LogP contribution in [0.3, 0.4) is 0 Å². The summed E-state index contributed by atoms with van der Waals surface area (Å²) < 4.78 is 0. The van der Waals surface area contributed by atoms with Crippen LogP contribution in [0.25, 0.3) is 0 Å². The summed E-state index contributed by atoms with van der Waals surface area (Å²) in [7, 11) is 4.33. The molecule has 0 heterocycles. The number of anilines is 1. The van der Waals surface area contributed by atoms with Crippen LogP contribution < -0.4 is 15.5 Å². The Morgan fingerprint density at radius 1 is 1.00 bits per heavy atom. The van der Waals surface area contributed by atoms with Crippen molar-refractivity contribution in [2.75, 3.05) is 19.4 Å². The predicted octanol–water partition coefficient (Wildman–Crippen LogP) is 2.43. The summed E-state index contributed by atoms with van der Waals surface area (Å²) >= 11 is 5.43. The lowest BCUT2D eigenvalue weighted by Gasteiger charge is -2.15. The molecular formula is C19H26N3S+. The van der Waals surface area contributed by atoms with E-state index >= 15 is 0 Å². The van der Waals surface area contributed by atoms with Gasteiger partial charge in [-0.2, -0.15) is 0 Å². The summed E-state index contributed by atoms with van der Waals surface area (Å²) in [5.74, 6) is 0. The topological polar surface area (TPSA) is 28.5 Å². The average Bonchev–Trinajstić information content (AvgIpc) is 2.44. The van der Waals surface area contributed by atoms with E-state index in [9.17, 15) is 0 Å². The minimum absolute atomic E-state index is 0.655. The van der Waals surface area contributed by atoms with Gasteiger partial charge in [0.05, 0.1) is 14.1 Å². The largest absolute Gasteiger partial charge is 0.358 e. The third-order valence-electron chi connectivity index (χ3n) is 3.58. The Bertz CT molecular complexity index is 660. The van der Waals surface area contributed by atoms with E-state index in [1.54, 1.807) is 0 Å². The van der Waals surface area contributed by atoms with Crippen molar-refractivity contribution in [1.29, 1.82) is 0 Å². The van der Waals surface area contributed by atoms with Crippen LogP contribution in [-0.2, 0) is 13.1 Å². The van der Waals surface area contributed by atoms with E-state index in [2.05, 4.69) is 81.0 Å². The fourth-order valence-electron chi connectivity index (χ4n) is 2.68. The quantitative estimate of drug-likeness (QED) is 0.736. The van der Waals surface area contributed by atoms with Gasteiger partial charge in [0.25, 0.3) is 0 Å². The normalized spacial score (nSPS) is 10.7. The molecule has 122 valence electrons. The zero-order valence-electron chi connectivity index (χ0n) is 14.4. The number of hydrogen-bond acceptors (Lipinski definition) is 1. The maximum Gasteiger partial charge on any atom is 0.171 e. The molecule has 3 nitrogen and oxygen atoms in total. The molecule has 0 spiro atoms. The van der Waals surface area contributed by atoms with Gasteiger partial charge in [0.1, 0.15) is 6.54 Å². The van der Waals surface area contributed by atoms with Crippen molar-refractivity contribution in [2.24, 2.45) is 0 Å². The number of nitrogens with one attached hydrogen (secondary N) is 3. The van der Waals surface area contributed by atoms with Crippen molar-refractivity contribution in [3.63, 3.8) is 0 Å². The number of quaternary nitrogens is 1. The van der Waals surface area contributed by atoms with Crippen LogP contribution in [0.15, 0.2) is 42.5 Å². The Kier molecular flexibility index (Phi) is 6.13. The summed E-state index contributed by atoms with van der Waals surface area (Å²) in [5.41, 5.74) is 6.14. The molecule has 3 N–H and O–H groups in total. The maximum atomic E-state index is 5.43. The molecule has 2 aromatic rings. The van der Waals surface area contributed by atoms with Crippen molar-refractivity contribution < 1.29 is 4.90 Å². The zero-order chi connectivity index (χ0) is 16.8. The molecule has 0 aliphatic heterocycles. The fraction of sp³-hybridized carbons (Fsp3) is 0.316. The van der Waals surface area contributed by atoms with Gasteiger partial charge in [-0.3, -0.25) is 0 Å². The van der Waals surface area contributed by atoms with E-state index < -0.39 is 0 Å². The summed E-state index contributed by atoms with van der Waals surface area (Å²) in [6, 6.07) is 14.9. The summed E-state index contributed by atoms with van der Waals surface area (Å²) in [4.78, 5) is 1.41. The molecule has 0 amide bonds. The first-order chi connectivity index (χ1) is 10.9. The first kappa shape index (κ1) is 17.4. The molecule has 0 aliphatic rings. The molecule has 0 saturated heterocycles. The third kappa shape index (κ3) is 5.66. The second-order valence-electron chi connectivity index (χ2n) is 6.34. The summed E-state index contributed by atoms with van der Waals surface area (Å²) in [6.45, 7) is 5.93. The van der Waals surface area contributed by atoms with Crippen LogP contribution in [0.4, 0.5) is 5.69 Å². The van der Waals surface area contributed by atoms with Gasteiger partial charge in [-0.05, 0) is 54.9 Å². The highest BCUT2D eigenvalue weighted by Crippen LogP contribution is 2.14.